The summed E-state index contributed by atoms with van der Waals surface area (Å²) in [5, 5.41) is 24.0. The van der Waals surface area contributed by atoms with Crippen LogP contribution in [-0.4, -0.2) is 85.8 Å². The van der Waals surface area contributed by atoms with Crippen LogP contribution in [-0.2, 0) is 30.5 Å². The Morgan fingerprint density at radius 2 is 1.98 bits per heavy atom. The molecule has 3 aliphatic heterocycles. The number of benzene rings is 1. The standard InChI is InChI=1S/C33H46F3N9O2Si/c1-32(10-5-12-39-32)21-47-31-40-26-19-44(14-9-23(26)30(41-31)45-15-13-38-22(18-45)8-11-37)29-24(33(34,35)36)6-7-25-28(29)27(43-42-25)20-46-16-17-48(2,3)4/h6-7,22,38-39H,5,8-10,12-21H2,1-4H3,(H,42,43)/t22?,32-/m0/s1. The van der Waals surface area contributed by atoms with Gasteiger partial charge in [-0.15, -0.1) is 0 Å². The monoisotopic (exact) mass is 685 g/mol. The van der Waals surface area contributed by atoms with Gasteiger partial charge in [0, 0.05) is 63.4 Å². The highest BCUT2D eigenvalue weighted by molar-refractivity contribution is 6.76. The Kier molecular flexibility index (Phi) is 9.90. The van der Waals surface area contributed by atoms with Gasteiger partial charge < -0.3 is 29.9 Å². The van der Waals surface area contributed by atoms with E-state index in [1.807, 2.05) is 0 Å². The third-order valence-corrected chi connectivity index (χ3v) is 11.2. The van der Waals surface area contributed by atoms with E-state index in [1.165, 1.54) is 6.07 Å². The fourth-order valence-electron chi connectivity index (χ4n) is 6.84. The van der Waals surface area contributed by atoms with E-state index < -0.39 is 19.8 Å². The molecule has 0 spiro atoms. The second kappa shape index (κ2) is 13.8. The van der Waals surface area contributed by atoms with Gasteiger partial charge in [0.05, 0.1) is 53.8 Å². The van der Waals surface area contributed by atoms with Crippen LogP contribution in [0.5, 0.6) is 6.01 Å². The summed E-state index contributed by atoms with van der Waals surface area (Å²) in [6, 6.07) is 5.98. The molecule has 2 atom stereocenters. The van der Waals surface area contributed by atoms with Crippen LogP contribution in [0.3, 0.4) is 0 Å². The number of ether oxygens (including phenoxy) is 2. The van der Waals surface area contributed by atoms with Gasteiger partial charge in [-0.05, 0) is 50.9 Å². The highest BCUT2D eigenvalue weighted by Crippen LogP contribution is 2.44. The van der Waals surface area contributed by atoms with E-state index in [9.17, 15) is 18.4 Å². The number of anilines is 2. The molecule has 2 aromatic heterocycles. The maximum atomic E-state index is 14.7. The highest BCUT2D eigenvalue weighted by atomic mass is 28.3. The van der Waals surface area contributed by atoms with Crippen LogP contribution in [0, 0.1) is 11.3 Å². The Morgan fingerprint density at radius 3 is 2.71 bits per heavy atom. The molecule has 1 unspecified atom stereocenters. The van der Waals surface area contributed by atoms with E-state index in [-0.39, 0.29) is 36.4 Å². The fourth-order valence-corrected chi connectivity index (χ4v) is 7.60. The summed E-state index contributed by atoms with van der Waals surface area (Å²) < 4.78 is 56.3. The normalized spacial score (nSPS) is 21.8. The van der Waals surface area contributed by atoms with Gasteiger partial charge in [0.2, 0.25) is 0 Å². The molecule has 6 rings (SSSR count). The quantitative estimate of drug-likeness (QED) is 0.188. The zero-order valence-corrected chi connectivity index (χ0v) is 29.3. The molecule has 0 amide bonds. The lowest BCUT2D eigenvalue weighted by molar-refractivity contribution is -0.137. The summed E-state index contributed by atoms with van der Waals surface area (Å²) in [4.78, 5) is 13.7. The van der Waals surface area contributed by atoms with Gasteiger partial charge in [0.25, 0.3) is 0 Å². The lowest BCUT2D eigenvalue weighted by Crippen LogP contribution is -2.51. The average Bonchev–Trinajstić information content (AvgIpc) is 3.67. The lowest BCUT2D eigenvalue weighted by Gasteiger charge is -2.38. The summed E-state index contributed by atoms with van der Waals surface area (Å²) in [7, 11) is -1.34. The van der Waals surface area contributed by atoms with E-state index in [4.69, 9.17) is 19.4 Å². The molecule has 0 radical (unpaired) electrons. The van der Waals surface area contributed by atoms with Crippen LogP contribution in [0.4, 0.5) is 24.7 Å². The first-order chi connectivity index (χ1) is 22.8. The van der Waals surface area contributed by atoms with Crippen LogP contribution < -0.4 is 25.2 Å². The van der Waals surface area contributed by atoms with Gasteiger partial charge in [-0.25, -0.2) is 0 Å². The number of nitrogens with one attached hydrogen (secondary N) is 3. The molecular weight excluding hydrogens is 640 g/mol. The molecule has 5 heterocycles. The van der Waals surface area contributed by atoms with Crippen molar-refractivity contribution in [3.8, 4) is 12.1 Å². The maximum Gasteiger partial charge on any atom is 0.418 e. The highest BCUT2D eigenvalue weighted by Gasteiger charge is 2.39. The number of alkyl halides is 3. The van der Waals surface area contributed by atoms with Gasteiger partial charge in [-0.2, -0.15) is 33.5 Å². The molecular formula is C33H46F3N9O2Si. The molecule has 1 aromatic carbocycles. The second-order valence-corrected chi connectivity index (χ2v) is 20.3. The van der Waals surface area contributed by atoms with Crippen molar-refractivity contribution in [2.45, 2.75) is 89.2 Å². The smallest absolute Gasteiger partial charge is 0.418 e. The first-order valence-electron chi connectivity index (χ1n) is 16.9. The Morgan fingerprint density at radius 1 is 1.15 bits per heavy atom. The number of piperazine rings is 1. The number of hydrogen-bond donors (Lipinski definition) is 3. The molecule has 0 bridgehead atoms. The predicted molar refractivity (Wildman–Crippen MR) is 181 cm³/mol. The summed E-state index contributed by atoms with van der Waals surface area (Å²) >= 11 is 0. The predicted octanol–water partition coefficient (Wildman–Crippen LogP) is 5.00. The molecule has 0 aliphatic carbocycles. The number of aromatic nitrogens is 4. The second-order valence-electron chi connectivity index (χ2n) is 14.7. The molecule has 15 heteroatoms. The summed E-state index contributed by atoms with van der Waals surface area (Å²) in [5.74, 6) is 0.734. The van der Waals surface area contributed by atoms with Crippen LogP contribution in [0.25, 0.3) is 10.9 Å². The van der Waals surface area contributed by atoms with Crippen LogP contribution >= 0.6 is 0 Å². The van der Waals surface area contributed by atoms with Crippen molar-refractivity contribution in [3.63, 3.8) is 0 Å². The molecule has 2 saturated heterocycles. The number of H-pyrrole nitrogens is 1. The molecule has 48 heavy (non-hydrogen) atoms. The van der Waals surface area contributed by atoms with Crippen LogP contribution in [0.2, 0.25) is 25.7 Å². The Balaban J connectivity index is 1.36. The number of aromatic amines is 1. The van der Waals surface area contributed by atoms with E-state index in [0.717, 1.165) is 42.9 Å². The average molecular weight is 686 g/mol. The zero-order chi connectivity index (χ0) is 34.1. The van der Waals surface area contributed by atoms with Crippen LogP contribution in [0.1, 0.15) is 48.7 Å². The third kappa shape index (κ3) is 7.72. The number of nitriles is 1. The van der Waals surface area contributed by atoms with Crippen molar-refractivity contribution < 1.29 is 22.6 Å². The van der Waals surface area contributed by atoms with Gasteiger partial charge in [-0.3, -0.25) is 5.10 Å². The molecule has 11 nitrogen and oxygen atoms in total. The van der Waals surface area contributed by atoms with E-state index >= 15 is 0 Å². The molecule has 0 saturated carbocycles. The number of fused-ring (bicyclic) bond motifs is 2. The molecule has 260 valence electrons. The molecule has 3 aromatic rings. The van der Waals surface area contributed by atoms with E-state index in [2.05, 4.69) is 58.4 Å². The Labute approximate surface area is 280 Å². The van der Waals surface area contributed by atoms with Gasteiger partial charge in [-0.1, -0.05) is 19.6 Å². The summed E-state index contributed by atoms with van der Waals surface area (Å²) in [6.45, 7) is 13.3. The van der Waals surface area contributed by atoms with Crippen molar-refractivity contribution in [2.24, 2.45) is 0 Å². The summed E-state index contributed by atoms with van der Waals surface area (Å²) in [6.07, 6.45) is -1.75. The number of halogens is 3. The lowest BCUT2D eigenvalue weighted by atomic mass is 9.99. The number of nitrogens with zero attached hydrogens (tertiary/aromatic N) is 6. The fraction of sp³-hybridized carbons (Fsp3) is 0.636. The minimum atomic E-state index is -4.58. The van der Waals surface area contributed by atoms with E-state index in [0.29, 0.717) is 74.5 Å². The molecule has 3 N–H and O–H groups in total. The first-order valence-corrected chi connectivity index (χ1v) is 20.6. The van der Waals surface area contributed by atoms with Crippen LogP contribution in [0.15, 0.2) is 12.1 Å². The zero-order valence-electron chi connectivity index (χ0n) is 28.3. The molecule has 3 aliphatic rings. The van der Waals surface area contributed by atoms with E-state index in [1.54, 1.807) is 4.90 Å². The maximum absolute atomic E-state index is 14.7. The third-order valence-electron chi connectivity index (χ3n) is 9.53. The first kappa shape index (κ1) is 34.4. The topological polar surface area (TPSA) is 127 Å². The van der Waals surface area contributed by atoms with Crippen molar-refractivity contribution in [2.75, 3.05) is 55.7 Å². The van der Waals surface area contributed by atoms with Crippen molar-refractivity contribution in [1.82, 2.24) is 30.8 Å². The van der Waals surface area contributed by atoms with Crippen molar-refractivity contribution >= 4 is 30.5 Å². The Hall–Kier alpha value is -3.45. The summed E-state index contributed by atoms with van der Waals surface area (Å²) in [5.41, 5.74) is 1.71. The van der Waals surface area contributed by atoms with Gasteiger partial charge in [0.15, 0.2) is 0 Å². The van der Waals surface area contributed by atoms with Gasteiger partial charge >= 0.3 is 12.2 Å². The number of hydrogen-bond acceptors (Lipinski definition) is 10. The SMILES string of the molecule is C[C@@]1(COc2nc3c(c(N4CCNC(CC#N)C4)n2)CCN(c2c(C(F)(F)F)ccc4[nH]nc(COCC[Si](C)(C)C)c24)C3)CCCN1. The Bertz CT molecular complexity index is 1650. The minimum absolute atomic E-state index is 0.0140. The molecule has 2 fully saturated rings. The van der Waals surface area contributed by atoms with Crippen molar-refractivity contribution in [1.29, 1.82) is 5.26 Å². The van der Waals surface area contributed by atoms with Gasteiger partial charge in [0.1, 0.15) is 12.4 Å². The number of rotatable bonds is 11. The largest absolute Gasteiger partial charge is 0.461 e. The van der Waals surface area contributed by atoms with Crippen molar-refractivity contribution in [3.05, 3.63) is 34.6 Å². The minimum Gasteiger partial charge on any atom is -0.461 e.